The average Bonchev–Trinajstić information content (AvgIpc) is 2.60. The molecule has 3 rings (SSSR count). The number of ketones is 1. The summed E-state index contributed by atoms with van der Waals surface area (Å²) in [5.41, 5.74) is 4.85. The zero-order valence-corrected chi connectivity index (χ0v) is 15.8. The zero-order valence-electron chi connectivity index (χ0n) is 15.0. The summed E-state index contributed by atoms with van der Waals surface area (Å²) in [5.74, 6) is -0.152. The summed E-state index contributed by atoms with van der Waals surface area (Å²) in [6.07, 6.45) is 4.17. The molecule has 0 saturated heterocycles. The van der Waals surface area contributed by atoms with Crippen molar-refractivity contribution in [2.24, 2.45) is 0 Å². The number of likely N-dealkylation sites (N-methyl/N-ethyl adjacent to an activating group) is 1. The molecule has 0 spiro atoms. The Morgan fingerprint density at radius 3 is 2.69 bits per heavy atom. The topological polar surface area (TPSA) is 49.4 Å². The fourth-order valence-corrected chi connectivity index (χ4v) is 3.08. The van der Waals surface area contributed by atoms with Crippen molar-refractivity contribution in [3.63, 3.8) is 0 Å². The second-order valence-corrected chi connectivity index (χ2v) is 6.44. The minimum absolute atomic E-state index is 0. The number of rotatable bonds is 4. The molecule has 0 radical (unpaired) electrons. The monoisotopic (exact) mass is 370 g/mol. The van der Waals surface area contributed by atoms with E-state index in [0.717, 1.165) is 30.8 Å². The highest BCUT2D eigenvalue weighted by molar-refractivity contribution is 6.02. The third-order valence-electron chi connectivity index (χ3n) is 4.44. The van der Waals surface area contributed by atoms with Crippen LogP contribution < -0.4 is 5.32 Å². The first kappa shape index (κ1) is 19.9. The van der Waals surface area contributed by atoms with E-state index in [1.807, 2.05) is 24.3 Å². The molecule has 1 N–H and O–H groups in total. The van der Waals surface area contributed by atoms with Crippen LogP contribution in [0.2, 0.25) is 0 Å². The molecule has 1 aliphatic rings. The molecule has 5 heteroatoms. The summed E-state index contributed by atoms with van der Waals surface area (Å²) >= 11 is 0. The summed E-state index contributed by atoms with van der Waals surface area (Å²) in [7, 11) is 2.10. The van der Waals surface area contributed by atoms with Gasteiger partial charge in [0.2, 0.25) is 5.91 Å². The molecule has 2 aromatic rings. The number of fused-ring (bicyclic) bond motifs is 1. The van der Waals surface area contributed by atoms with Gasteiger partial charge in [-0.3, -0.25) is 9.59 Å². The van der Waals surface area contributed by atoms with Crippen LogP contribution in [-0.4, -0.2) is 30.2 Å². The fraction of sp³-hybridized carbons (Fsp3) is 0.238. The van der Waals surface area contributed by atoms with Crippen LogP contribution in [0.5, 0.6) is 0 Å². The maximum Gasteiger partial charge on any atom is 0.248 e. The molecule has 0 saturated carbocycles. The van der Waals surface area contributed by atoms with Gasteiger partial charge in [-0.25, -0.2) is 0 Å². The Morgan fingerprint density at radius 2 is 1.92 bits per heavy atom. The Kier molecular flexibility index (Phi) is 6.72. The van der Waals surface area contributed by atoms with E-state index < -0.39 is 0 Å². The fourth-order valence-electron chi connectivity index (χ4n) is 3.08. The van der Waals surface area contributed by atoms with Crippen molar-refractivity contribution in [3.05, 3.63) is 70.8 Å². The number of nitrogens with one attached hydrogen (secondary N) is 1. The van der Waals surface area contributed by atoms with Gasteiger partial charge in [-0.05, 0) is 55.3 Å². The van der Waals surface area contributed by atoms with E-state index in [4.69, 9.17) is 0 Å². The van der Waals surface area contributed by atoms with Crippen LogP contribution >= 0.6 is 12.4 Å². The third-order valence-corrected chi connectivity index (χ3v) is 4.44. The number of carbonyl (C=O) groups is 2. The number of nitrogens with zero attached hydrogens (tertiary/aromatic N) is 1. The second kappa shape index (κ2) is 8.79. The van der Waals surface area contributed by atoms with E-state index in [2.05, 4.69) is 23.3 Å². The van der Waals surface area contributed by atoms with E-state index in [1.54, 1.807) is 18.2 Å². The summed E-state index contributed by atoms with van der Waals surface area (Å²) < 4.78 is 0. The third kappa shape index (κ3) is 4.81. The maximum atomic E-state index is 12.3. The predicted octanol–water partition coefficient (Wildman–Crippen LogP) is 3.95. The number of hydrogen-bond acceptors (Lipinski definition) is 3. The van der Waals surface area contributed by atoms with Crippen LogP contribution in [0.1, 0.15) is 34.0 Å². The van der Waals surface area contributed by atoms with Gasteiger partial charge in [0.25, 0.3) is 0 Å². The molecule has 1 heterocycles. The smallest absolute Gasteiger partial charge is 0.248 e. The number of hydrogen-bond donors (Lipinski definition) is 1. The quantitative estimate of drug-likeness (QED) is 0.654. The Bertz CT molecular complexity index is 846. The standard InChI is InChI=1S/C21H22N2O2.ClH/c1-15(24)17-6-3-5-16(13-17)9-10-21(25)22-20-8-4-7-18-14-23(2)12-11-19(18)20;/h3-10,13H,11-12,14H2,1-2H3,(H,22,25);1H/b10-9+;. The summed E-state index contributed by atoms with van der Waals surface area (Å²) in [5, 5.41) is 2.98. The minimum Gasteiger partial charge on any atom is -0.322 e. The van der Waals surface area contributed by atoms with Crippen LogP contribution in [0.15, 0.2) is 48.5 Å². The molecule has 2 aromatic carbocycles. The molecular weight excluding hydrogens is 348 g/mol. The highest BCUT2D eigenvalue weighted by Crippen LogP contribution is 2.25. The maximum absolute atomic E-state index is 12.3. The summed E-state index contributed by atoms with van der Waals surface area (Å²) in [4.78, 5) is 26.0. The largest absolute Gasteiger partial charge is 0.322 e. The molecule has 0 aromatic heterocycles. The Morgan fingerprint density at radius 1 is 1.15 bits per heavy atom. The van der Waals surface area contributed by atoms with E-state index >= 15 is 0 Å². The van der Waals surface area contributed by atoms with Crippen molar-refractivity contribution >= 4 is 35.9 Å². The van der Waals surface area contributed by atoms with Crippen molar-refractivity contribution in [3.8, 4) is 0 Å². The number of Topliss-reactive ketones (excluding diaryl/α,β-unsaturated/α-hetero) is 1. The lowest BCUT2D eigenvalue weighted by atomic mass is 9.98. The first-order valence-corrected chi connectivity index (χ1v) is 8.42. The van der Waals surface area contributed by atoms with E-state index in [0.29, 0.717) is 5.56 Å². The lowest BCUT2D eigenvalue weighted by molar-refractivity contribution is -0.111. The Labute approximate surface area is 160 Å². The molecule has 0 fully saturated rings. The van der Waals surface area contributed by atoms with Crippen molar-refractivity contribution in [2.75, 3.05) is 18.9 Å². The SMILES string of the molecule is CC(=O)c1cccc(/C=C/C(=O)Nc2cccc3c2CCN(C)C3)c1.Cl. The van der Waals surface area contributed by atoms with Crippen molar-refractivity contribution in [2.45, 2.75) is 19.9 Å². The highest BCUT2D eigenvalue weighted by Gasteiger charge is 2.16. The van der Waals surface area contributed by atoms with Gasteiger partial charge in [0.05, 0.1) is 0 Å². The summed E-state index contributed by atoms with van der Waals surface area (Å²) in [6, 6.07) is 13.3. The number of amides is 1. The van der Waals surface area contributed by atoms with Crippen molar-refractivity contribution in [1.82, 2.24) is 4.90 Å². The van der Waals surface area contributed by atoms with Crippen molar-refractivity contribution in [1.29, 1.82) is 0 Å². The molecule has 26 heavy (non-hydrogen) atoms. The van der Waals surface area contributed by atoms with Crippen LogP contribution in [0.4, 0.5) is 5.69 Å². The van der Waals surface area contributed by atoms with Gasteiger partial charge in [0, 0.05) is 30.4 Å². The predicted molar refractivity (Wildman–Crippen MR) is 108 cm³/mol. The minimum atomic E-state index is -0.166. The van der Waals surface area contributed by atoms with Crippen LogP contribution in [0.25, 0.3) is 6.08 Å². The number of halogens is 1. The second-order valence-electron chi connectivity index (χ2n) is 6.44. The van der Waals surface area contributed by atoms with E-state index in [-0.39, 0.29) is 24.1 Å². The summed E-state index contributed by atoms with van der Waals surface area (Å²) in [6.45, 7) is 3.44. The molecule has 1 amide bonds. The van der Waals surface area contributed by atoms with E-state index in [9.17, 15) is 9.59 Å². The number of carbonyl (C=O) groups excluding carboxylic acids is 2. The van der Waals surface area contributed by atoms with Gasteiger partial charge in [0.15, 0.2) is 5.78 Å². The van der Waals surface area contributed by atoms with Gasteiger partial charge in [-0.2, -0.15) is 0 Å². The van der Waals surface area contributed by atoms with Gasteiger partial charge >= 0.3 is 0 Å². The lowest BCUT2D eigenvalue weighted by Gasteiger charge is -2.26. The normalized spacial score (nSPS) is 13.8. The number of benzene rings is 2. The lowest BCUT2D eigenvalue weighted by Crippen LogP contribution is -2.27. The molecule has 0 aliphatic carbocycles. The van der Waals surface area contributed by atoms with Gasteiger partial charge in [-0.15, -0.1) is 12.4 Å². The molecule has 136 valence electrons. The Balaban J connectivity index is 0.00000243. The average molecular weight is 371 g/mol. The Hall–Kier alpha value is -2.43. The first-order chi connectivity index (χ1) is 12.0. The number of anilines is 1. The molecule has 0 unspecified atom stereocenters. The van der Waals surface area contributed by atoms with E-state index in [1.165, 1.54) is 24.1 Å². The van der Waals surface area contributed by atoms with Crippen LogP contribution in [0, 0.1) is 0 Å². The highest BCUT2D eigenvalue weighted by atomic mass is 35.5. The van der Waals surface area contributed by atoms with Crippen LogP contribution in [-0.2, 0) is 17.8 Å². The molecule has 1 aliphatic heterocycles. The molecule has 4 nitrogen and oxygen atoms in total. The van der Waals surface area contributed by atoms with Gasteiger partial charge < -0.3 is 10.2 Å². The van der Waals surface area contributed by atoms with Crippen molar-refractivity contribution < 1.29 is 9.59 Å². The van der Waals surface area contributed by atoms with Crippen LogP contribution in [0.3, 0.4) is 0 Å². The van der Waals surface area contributed by atoms with Gasteiger partial charge in [0.1, 0.15) is 0 Å². The molecular formula is C21H23ClN2O2. The molecule has 0 atom stereocenters. The van der Waals surface area contributed by atoms with Gasteiger partial charge in [-0.1, -0.05) is 30.3 Å². The molecule has 0 bridgehead atoms. The zero-order chi connectivity index (χ0) is 17.8. The first-order valence-electron chi connectivity index (χ1n) is 8.42.